The van der Waals surface area contributed by atoms with Crippen molar-refractivity contribution in [1.29, 1.82) is 5.26 Å². The van der Waals surface area contributed by atoms with Crippen molar-refractivity contribution in [1.82, 2.24) is 15.0 Å². The van der Waals surface area contributed by atoms with E-state index in [1.54, 1.807) is 23.2 Å². The van der Waals surface area contributed by atoms with Gasteiger partial charge in [0.1, 0.15) is 17.9 Å². The summed E-state index contributed by atoms with van der Waals surface area (Å²) in [6, 6.07) is 5.07. The molecule has 0 saturated carbocycles. The highest BCUT2D eigenvalue weighted by atomic mass is 35.5. The first-order chi connectivity index (χ1) is 11.1. The van der Waals surface area contributed by atoms with Gasteiger partial charge in [-0.3, -0.25) is 4.79 Å². The third kappa shape index (κ3) is 2.94. The minimum absolute atomic E-state index is 0.124. The van der Waals surface area contributed by atoms with E-state index < -0.39 is 11.9 Å². The lowest BCUT2D eigenvalue weighted by Crippen LogP contribution is -2.41. The number of nitrogens with two attached hydrogens (primary N) is 1. The van der Waals surface area contributed by atoms with Crippen LogP contribution < -0.4 is 10.6 Å². The largest absolute Gasteiger partial charge is 0.368 e. The van der Waals surface area contributed by atoms with Crippen molar-refractivity contribution < 1.29 is 4.79 Å². The van der Waals surface area contributed by atoms with Crippen molar-refractivity contribution in [2.75, 3.05) is 11.4 Å². The van der Waals surface area contributed by atoms with Crippen molar-refractivity contribution in [3.05, 3.63) is 35.4 Å². The number of rotatable bonds is 3. The molecule has 7 nitrogen and oxygen atoms in total. The molecule has 2 aromatic heterocycles. The van der Waals surface area contributed by atoms with E-state index in [-0.39, 0.29) is 5.28 Å². The summed E-state index contributed by atoms with van der Waals surface area (Å²) in [7, 11) is 0. The van der Waals surface area contributed by atoms with Gasteiger partial charge in [0.15, 0.2) is 0 Å². The van der Waals surface area contributed by atoms with E-state index in [1.807, 2.05) is 0 Å². The summed E-state index contributed by atoms with van der Waals surface area (Å²) in [5.74, 6) is 0.0672. The fourth-order valence-corrected chi connectivity index (χ4v) is 2.87. The number of nitrogens with zero attached hydrogens (tertiary/aromatic N) is 5. The van der Waals surface area contributed by atoms with Crippen LogP contribution in [0.25, 0.3) is 11.3 Å². The van der Waals surface area contributed by atoms with Crippen molar-refractivity contribution in [3.8, 4) is 17.3 Å². The molecule has 0 aliphatic carbocycles. The zero-order valence-electron chi connectivity index (χ0n) is 12.1. The first-order valence-electron chi connectivity index (χ1n) is 7.05. The highest BCUT2D eigenvalue weighted by Gasteiger charge is 2.31. The lowest BCUT2D eigenvalue weighted by molar-refractivity contribution is -0.119. The molecule has 1 unspecified atom stereocenters. The maximum Gasteiger partial charge on any atom is 0.240 e. The third-order valence-corrected chi connectivity index (χ3v) is 3.94. The van der Waals surface area contributed by atoms with Crippen LogP contribution in [0.3, 0.4) is 0 Å². The van der Waals surface area contributed by atoms with Gasteiger partial charge in [0.25, 0.3) is 0 Å². The van der Waals surface area contributed by atoms with Gasteiger partial charge in [-0.05, 0) is 36.6 Å². The van der Waals surface area contributed by atoms with E-state index in [1.165, 1.54) is 6.20 Å². The van der Waals surface area contributed by atoms with Crippen LogP contribution >= 0.6 is 11.6 Å². The highest BCUT2D eigenvalue weighted by Crippen LogP contribution is 2.29. The molecule has 2 aromatic rings. The van der Waals surface area contributed by atoms with Crippen LogP contribution in [0.1, 0.15) is 18.4 Å². The Labute approximate surface area is 137 Å². The molecular weight excluding hydrogens is 316 g/mol. The van der Waals surface area contributed by atoms with Gasteiger partial charge in [0.05, 0.1) is 11.3 Å². The monoisotopic (exact) mass is 328 g/mol. The summed E-state index contributed by atoms with van der Waals surface area (Å²) in [6.45, 7) is 0.647. The number of amides is 1. The van der Waals surface area contributed by atoms with Gasteiger partial charge in [-0.15, -0.1) is 0 Å². The van der Waals surface area contributed by atoms with Gasteiger partial charge in [-0.1, -0.05) is 0 Å². The maximum atomic E-state index is 11.5. The maximum absolute atomic E-state index is 11.5. The molecule has 1 atom stereocenters. The van der Waals surface area contributed by atoms with Gasteiger partial charge in [0, 0.05) is 24.5 Å². The average Bonchev–Trinajstić information content (AvgIpc) is 3.04. The molecule has 1 amide bonds. The second-order valence-electron chi connectivity index (χ2n) is 5.17. The predicted molar refractivity (Wildman–Crippen MR) is 84.6 cm³/mol. The molecule has 0 radical (unpaired) electrons. The zero-order chi connectivity index (χ0) is 16.4. The summed E-state index contributed by atoms with van der Waals surface area (Å²) in [5.41, 5.74) is 7.03. The van der Waals surface area contributed by atoms with E-state index in [2.05, 4.69) is 21.0 Å². The molecule has 0 aromatic carbocycles. The van der Waals surface area contributed by atoms with Crippen molar-refractivity contribution in [3.63, 3.8) is 0 Å². The second-order valence-corrected chi connectivity index (χ2v) is 5.51. The topological polar surface area (TPSA) is 109 Å². The number of carbonyl (C=O) groups is 1. The molecule has 1 fully saturated rings. The molecule has 8 heteroatoms. The molecule has 1 aliphatic rings. The molecule has 23 heavy (non-hydrogen) atoms. The lowest BCUT2D eigenvalue weighted by Gasteiger charge is -2.24. The Morgan fingerprint density at radius 3 is 3.00 bits per heavy atom. The van der Waals surface area contributed by atoms with Crippen LogP contribution in [0.4, 0.5) is 5.82 Å². The average molecular weight is 329 g/mol. The van der Waals surface area contributed by atoms with Crippen LogP contribution in [0.2, 0.25) is 5.28 Å². The Kier molecular flexibility index (Phi) is 4.08. The van der Waals surface area contributed by atoms with Gasteiger partial charge in [0.2, 0.25) is 11.2 Å². The number of hydrogen-bond donors (Lipinski definition) is 1. The fourth-order valence-electron chi connectivity index (χ4n) is 2.72. The molecule has 0 bridgehead atoms. The zero-order valence-corrected chi connectivity index (χ0v) is 12.9. The Hall–Kier alpha value is -2.72. The summed E-state index contributed by atoms with van der Waals surface area (Å²) in [4.78, 5) is 25.6. The normalized spacial score (nSPS) is 17.0. The van der Waals surface area contributed by atoms with E-state index in [0.29, 0.717) is 35.6 Å². The quantitative estimate of drug-likeness (QED) is 0.855. The molecule has 3 heterocycles. The molecule has 2 N–H and O–H groups in total. The predicted octanol–water partition coefficient (Wildman–Crippen LogP) is 1.52. The Balaban J connectivity index is 2.01. The molecule has 3 rings (SSSR count). The number of nitriles is 1. The summed E-state index contributed by atoms with van der Waals surface area (Å²) in [5, 5.41) is 9.56. The first kappa shape index (κ1) is 15.2. The lowest BCUT2D eigenvalue weighted by atomic mass is 10.1. The number of hydrogen-bond acceptors (Lipinski definition) is 6. The summed E-state index contributed by atoms with van der Waals surface area (Å²) < 4.78 is 0. The Morgan fingerprint density at radius 2 is 2.30 bits per heavy atom. The van der Waals surface area contributed by atoms with E-state index in [9.17, 15) is 10.1 Å². The number of pyridine rings is 1. The van der Waals surface area contributed by atoms with Crippen molar-refractivity contribution in [2.24, 2.45) is 5.73 Å². The number of anilines is 1. The van der Waals surface area contributed by atoms with Gasteiger partial charge in [-0.25, -0.2) is 15.0 Å². The minimum atomic E-state index is -0.422. The Morgan fingerprint density at radius 1 is 1.48 bits per heavy atom. The van der Waals surface area contributed by atoms with Gasteiger partial charge < -0.3 is 10.6 Å². The minimum Gasteiger partial charge on any atom is -0.368 e. The standard InChI is InChI=1S/C15H13ClN6O/c16-15-19-4-3-11(21-15)10-6-9(7-17)14(20-8-10)22-5-1-2-12(22)13(18)23/h3-4,6,8,12H,1-2,5H2,(H2,18,23). The third-order valence-electron chi connectivity index (χ3n) is 3.76. The van der Waals surface area contributed by atoms with Crippen LogP contribution in [-0.2, 0) is 4.79 Å². The molecule has 116 valence electrons. The number of primary amides is 1. The molecule has 1 saturated heterocycles. The first-order valence-corrected chi connectivity index (χ1v) is 7.43. The van der Waals surface area contributed by atoms with Gasteiger partial charge >= 0.3 is 0 Å². The van der Waals surface area contributed by atoms with E-state index in [4.69, 9.17) is 17.3 Å². The van der Waals surface area contributed by atoms with E-state index in [0.717, 1.165) is 6.42 Å². The number of carbonyl (C=O) groups excluding carboxylic acids is 1. The summed E-state index contributed by atoms with van der Waals surface area (Å²) in [6.07, 6.45) is 4.65. The van der Waals surface area contributed by atoms with Crippen LogP contribution in [0.15, 0.2) is 24.5 Å². The van der Waals surface area contributed by atoms with Crippen molar-refractivity contribution >= 4 is 23.3 Å². The number of halogens is 1. The van der Waals surface area contributed by atoms with E-state index >= 15 is 0 Å². The highest BCUT2D eigenvalue weighted by molar-refractivity contribution is 6.28. The van der Waals surface area contributed by atoms with Crippen LogP contribution in [0.5, 0.6) is 0 Å². The summed E-state index contributed by atoms with van der Waals surface area (Å²) >= 11 is 5.79. The second kappa shape index (κ2) is 6.18. The van der Waals surface area contributed by atoms with Crippen LogP contribution in [0, 0.1) is 11.3 Å². The van der Waals surface area contributed by atoms with Crippen LogP contribution in [-0.4, -0.2) is 33.4 Å². The Bertz CT molecular complexity index is 803. The molecule has 1 aliphatic heterocycles. The number of aromatic nitrogens is 3. The molecular formula is C15H13ClN6O. The van der Waals surface area contributed by atoms with Crippen molar-refractivity contribution in [2.45, 2.75) is 18.9 Å². The smallest absolute Gasteiger partial charge is 0.240 e. The fraction of sp³-hybridized carbons (Fsp3) is 0.267. The van der Waals surface area contributed by atoms with Gasteiger partial charge in [-0.2, -0.15) is 5.26 Å². The molecule has 0 spiro atoms. The SMILES string of the molecule is N#Cc1cc(-c2ccnc(Cl)n2)cnc1N1CCCC1C(N)=O.